The molecule has 2 aromatic rings. The summed E-state index contributed by atoms with van der Waals surface area (Å²) in [5.74, 6) is -0.0291. The van der Waals surface area contributed by atoms with Gasteiger partial charge in [0.05, 0.1) is 17.1 Å². The second kappa shape index (κ2) is 12.2. The van der Waals surface area contributed by atoms with E-state index in [4.69, 9.17) is 5.26 Å². The van der Waals surface area contributed by atoms with Crippen molar-refractivity contribution in [1.29, 1.82) is 5.26 Å². The average molecular weight is 417 g/mol. The molecular formula is C19H21FN6S2. The number of benzene rings is 1. The Kier molecular flexibility index (Phi) is 9.51. The van der Waals surface area contributed by atoms with Gasteiger partial charge in [-0.1, -0.05) is 6.07 Å². The average Bonchev–Trinajstić information content (AvgIpc) is 3.23. The van der Waals surface area contributed by atoms with Gasteiger partial charge in [0.1, 0.15) is 22.6 Å². The number of rotatable bonds is 6. The molecule has 2 heterocycles. The molecule has 2 N–H and O–H groups in total. The lowest BCUT2D eigenvalue weighted by atomic mass is 10.1. The molecule has 1 aliphatic heterocycles. The molecule has 9 heteroatoms. The third-order valence-corrected chi connectivity index (χ3v) is 5.20. The summed E-state index contributed by atoms with van der Waals surface area (Å²) >= 11 is 2.81. The lowest BCUT2D eigenvalue weighted by molar-refractivity contribution is 0.496. The fourth-order valence-electron chi connectivity index (χ4n) is 2.21. The molecule has 0 amide bonds. The van der Waals surface area contributed by atoms with E-state index in [-0.39, 0.29) is 5.56 Å². The van der Waals surface area contributed by atoms with E-state index < -0.39 is 5.82 Å². The number of aliphatic imine (C=N–C) groups is 2. The summed E-state index contributed by atoms with van der Waals surface area (Å²) in [6.07, 6.45) is 1.28. The minimum atomic E-state index is -0.554. The molecule has 146 valence electrons. The topological polar surface area (TPSA) is 85.5 Å². The van der Waals surface area contributed by atoms with Crippen molar-refractivity contribution >= 4 is 42.2 Å². The van der Waals surface area contributed by atoms with Gasteiger partial charge in [-0.3, -0.25) is 9.98 Å². The fourth-order valence-corrected chi connectivity index (χ4v) is 3.56. The van der Waals surface area contributed by atoms with Gasteiger partial charge in [-0.25, -0.2) is 9.37 Å². The summed E-state index contributed by atoms with van der Waals surface area (Å²) in [6, 6.07) is 6.22. The van der Waals surface area contributed by atoms with Gasteiger partial charge in [-0.15, -0.1) is 23.1 Å². The van der Waals surface area contributed by atoms with E-state index in [2.05, 4.69) is 39.0 Å². The highest BCUT2D eigenvalue weighted by Crippen LogP contribution is 2.29. The molecule has 3 rings (SSSR count). The van der Waals surface area contributed by atoms with E-state index in [0.717, 1.165) is 6.67 Å². The number of aromatic nitrogens is 1. The summed E-state index contributed by atoms with van der Waals surface area (Å²) < 4.78 is 13.7. The predicted octanol–water partition coefficient (Wildman–Crippen LogP) is 3.74. The maximum Gasteiger partial charge on any atom is 0.141 e. The summed E-state index contributed by atoms with van der Waals surface area (Å²) in [4.78, 5) is 12.1. The molecule has 0 unspecified atom stereocenters. The first-order valence-corrected chi connectivity index (χ1v) is 10.4. The highest BCUT2D eigenvalue weighted by Gasteiger charge is 2.10. The summed E-state index contributed by atoms with van der Waals surface area (Å²) in [5, 5.41) is 19.4. The van der Waals surface area contributed by atoms with Gasteiger partial charge in [-0.2, -0.15) is 5.26 Å². The van der Waals surface area contributed by atoms with Crippen molar-refractivity contribution in [3.05, 3.63) is 46.1 Å². The monoisotopic (exact) mass is 416 g/mol. The van der Waals surface area contributed by atoms with Gasteiger partial charge in [0.15, 0.2) is 0 Å². The van der Waals surface area contributed by atoms with E-state index >= 15 is 0 Å². The lowest BCUT2D eigenvalue weighted by Gasteiger charge is -2.11. The number of hydrogen-bond acceptors (Lipinski definition) is 8. The second-order valence-electron chi connectivity index (χ2n) is 5.56. The normalized spacial score (nSPS) is 13.8. The van der Waals surface area contributed by atoms with Crippen molar-refractivity contribution in [2.45, 2.75) is 6.42 Å². The number of thiazole rings is 1. The largest absolute Gasteiger partial charge is 0.304 e. The minimum Gasteiger partial charge on any atom is -0.304 e. The van der Waals surface area contributed by atoms with Crippen LogP contribution in [0.5, 0.6) is 0 Å². The first kappa shape index (κ1) is 21.9. The van der Waals surface area contributed by atoms with Gasteiger partial charge in [0.25, 0.3) is 0 Å². The zero-order chi connectivity index (χ0) is 20.2. The van der Waals surface area contributed by atoms with Crippen molar-refractivity contribution in [2.24, 2.45) is 9.98 Å². The quantitative estimate of drug-likeness (QED) is 0.553. The van der Waals surface area contributed by atoms with Crippen LogP contribution < -0.4 is 10.6 Å². The van der Waals surface area contributed by atoms with Crippen LogP contribution in [-0.4, -0.2) is 44.1 Å². The Morgan fingerprint density at radius 2 is 2.18 bits per heavy atom. The Hall–Kier alpha value is -2.38. The lowest BCUT2D eigenvalue weighted by Crippen LogP contribution is -2.37. The number of hydrogen-bond donors (Lipinski definition) is 2. The Morgan fingerprint density at radius 1 is 1.39 bits per heavy atom. The molecule has 0 bridgehead atoms. The van der Waals surface area contributed by atoms with E-state index in [9.17, 15) is 4.39 Å². The smallest absolute Gasteiger partial charge is 0.141 e. The number of nitriles is 1. The van der Waals surface area contributed by atoms with Crippen LogP contribution in [0.2, 0.25) is 0 Å². The van der Waals surface area contributed by atoms with Gasteiger partial charge in [0.2, 0.25) is 0 Å². The number of thioether (sulfide) groups is 1. The molecule has 1 fully saturated rings. The third-order valence-electron chi connectivity index (χ3n) is 3.59. The highest BCUT2D eigenvalue weighted by atomic mass is 32.2. The number of halogens is 1. The maximum atomic E-state index is 13.7. The predicted molar refractivity (Wildman–Crippen MR) is 117 cm³/mol. The molecule has 0 aliphatic carbocycles. The van der Waals surface area contributed by atoms with Crippen molar-refractivity contribution in [1.82, 2.24) is 15.6 Å². The summed E-state index contributed by atoms with van der Waals surface area (Å²) in [6.45, 7) is 10.3. The van der Waals surface area contributed by atoms with Crippen LogP contribution in [0.3, 0.4) is 0 Å². The zero-order valence-corrected chi connectivity index (χ0v) is 17.0. The first-order valence-electron chi connectivity index (χ1n) is 8.48. The Balaban J connectivity index is 0.000000397. The molecule has 28 heavy (non-hydrogen) atoms. The van der Waals surface area contributed by atoms with Gasteiger partial charge in [0, 0.05) is 23.0 Å². The van der Waals surface area contributed by atoms with Gasteiger partial charge in [-0.05, 0) is 45.1 Å². The Labute approximate surface area is 172 Å². The molecule has 1 aliphatic rings. The van der Waals surface area contributed by atoms with E-state index in [1.807, 2.05) is 5.38 Å². The molecule has 6 nitrogen and oxygen atoms in total. The Morgan fingerprint density at radius 3 is 2.71 bits per heavy atom. The van der Waals surface area contributed by atoms with Crippen LogP contribution in [0.15, 0.2) is 39.0 Å². The zero-order valence-electron chi connectivity index (χ0n) is 15.3. The van der Waals surface area contributed by atoms with Crippen molar-refractivity contribution < 1.29 is 4.39 Å². The van der Waals surface area contributed by atoms with Gasteiger partial charge >= 0.3 is 0 Å². The molecule has 0 spiro atoms. The number of nitrogens with one attached hydrogen (secondary N) is 2. The van der Waals surface area contributed by atoms with Crippen LogP contribution in [-0.2, 0) is 0 Å². The standard InChI is InChI=1S/C15H11FN4S2.C4H10N2/c1-18-9-21-7-13(19-2)14-8-22-15(20-14)10-3-4-11(6-17)12(16)5-10;1-2-5-4-6-3-1/h3-5,7-8H,1-2,9H2;5-6H,1-4H2/b13-7-;. The molecule has 0 radical (unpaired) electrons. The van der Waals surface area contributed by atoms with Gasteiger partial charge < -0.3 is 10.6 Å². The van der Waals surface area contributed by atoms with Crippen molar-refractivity contribution in [3.8, 4) is 16.6 Å². The van der Waals surface area contributed by atoms with Crippen LogP contribution in [0.25, 0.3) is 16.3 Å². The van der Waals surface area contributed by atoms with Crippen LogP contribution in [0.4, 0.5) is 4.39 Å². The van der Waals surface area contributed by atoms with E-state index in [1.165, 1.54) is 54.7 Å². The highest BCUT2D eigenvalue weighted by molar-refractivity contribution is 8.02. The minimum absolute atomic E-state index is 0.0159. The molecule has 0 saturated carbocycles. The van der Waals surface area contributed by atoms with Crippen molar-refractivity contribution in [3.63, 3.8) is 0 Å². The van der Waals surface area contributed by atoms with E-state index in [0.29, 0.717) is 27.8 Å². The summed E-state index contributed by atoms with van der Waals surface area (Å²) in [7, 11) is 0. The van der Waals surface area contributed by atoms with Crippen LogP contribution in [0.1, 0.15) is 17.7 Å². The van der Waals surface area contributed by atoms with Crippen LogP contribution >= 0.6 is 23.1 Å². The second-order valence-corrected chi connectivity index (χ2v) is 7.24. The molecule has 1 aromatic carbocycles. The number of nitrogens with zero attached hydrogens (tertiary/aromatic N) is 4. The summed E-state index contributed by atoms with van der Waals surface area (Å²) in [5.41, 5.74) is 1.93. The first-order chi connectivity index (χ1) is 13.7. The van der Waals surface area contributed by atoms with E-state index in [1.54, 1.807) is 17.5 Å². The van der Waals surface area contributed by atoms with Crippen molar-refractivity contribution in [2.75, 3.05) is 25.6 Å². The molecular weight excluding hydrogens is 395 g/mol. The maximum absolute atomic E-state index is 13.7. The SMILES string of the molecule is C1CNCNC1.C=NCS/C=C(\N=C)c1csc(-c2ccc(C#N)c(F)c2)n1. The van der Waals surface area contributed by atoms with Crippen LogP contribution in [0, 0.1) is 17.1 Å². The third kappa shape index (κ3) is 6.65. The molecule has 0 atom stereocenters. The fraction of sp³-hybridized carbons (Fsp3) is 0.263. The Bertz CT molecular complexity index is 856. The molecule has 1 saturated heterocycles. The molecule has 1 aromatic heterocycles.